The fourth-order valence-corrected chi connectivity index (χ4v) is 3.89. The van der Waals surface area contributed by atoms with Crippen molar-refractivity contribution < 1.29 is 22.5 Å². The Morgan fingerprint density at radius 2 is 1.97 bits per heavy atom. The number of rotatable bonds is 9. The minimum atomic E-state index is -3.66. The van der Waals surface area contributed by atoms with Crippen molar-refractivity contribution in [1.29, 1.82) is 0 Å². The van der Waals surface area contributed by atoms with Gasteiger partial charge in [0, 0.05) is 5.56 Å². The van der Waals surface area contributed by atoms with Gasteiger partial charge in [0.1, 0.15) is 12.3 Å². The van der Waals surface area contributed by atoms with Crippen molar-refractivity contribution in [2.24, 2.45) is 0 Å². The Balaban J connectivity index is 1.68. The lowest BCUT2D eigenvalue weighted by molar-refractivity contribution is -0.119. The minimum Gasteiger partial charge on any atom is -0.497 e. The van der Waals surface area contributed by atoms with Crippen LogP contribution in [0.1, 0.15) is 18.4 Å². The standard InChI is InChI=1S/C21H24N4O5S/c1-4-15-8-5-6-11-18(15)25(31(3,27)28)14-19(26)22-13-20-23-21(24-30-20)16-9-7-10-17(12-16)29-2/h5-12H,4,13-14H2,1-3H3,(H,22,26). The first-order valence-corrected chi connectivity index (χ1v) is 11.5. The van der Waals surface area contributed by atoms with Gasteiger partial charge in [0.05, 0.1) is 25.6 Å². The fraction of sp³-hybridized carbons (Fsp3) is 0.286. The summed E-state index contributed by atoms with van der Waals surface area (Å²) >= 11 is 0. The van der Waals surface area contributed by atoms with Gasteiger partial charge in [-0.2, -0.15) is 4.98 Å². The minimum absolute atomic E-state index is 0.0250. The number of aromatic nitrogens is 2. The van der Waals surface area contributed by atoms with Crippen LogP contribution in [0.5, 0.6) is 5.75 Å². The molecule has 1 aromatic heterocycles. The topological polar surface area (TPSA) is 115 Å². The molecule has 3 rings (SSSR count). The molecule has 31 heavy (non-hydrogen) atoms. The van der Waals surface area contributed by atoms with Gasteiger partial charge < -0.3 is 14.6 Å². The van der Waals surface area contributed by atoms with Crippen molar-refractivity contribution >= 4 is 21.6 Å². The number of nitrogens with one attached hydrogen (secondary N) is 1. The molecular formula is C21H24N4O5S. The number of ether oxygens (including phenoxy) is 1. The lowest BCUT2D eigenvalue weighted by Gasteiger charge is -2.24. The first-order chi connectivity index (χ1) is 14.8. The number of nitrogens with zero attached hydrogens (tertiary/aromatic N) is 3. The van der Waals surface area contributed by atoms with Crippen molar-refractivity contribution in [3.63, 3.8) is 0 Å². The van der Waals surface area contributed by atoms with E-state index in [9.17, 15) is 13.2 Å². The highest BCUT2D eigenvalue weighted by Gasteiger charge is 2.23. The zero-order valence-corrected chi connectivity index (χ0v) is 18.3. The predicted molar refractivity (Wildman–Crippen MR) is 116 cm³/mol. The summed E-state index contributed by atoms with van der Waals surface area (Å²) in [4.78, 5) is 16.7. The van der Waals surface area contributed by atoms with Crippen LogP contribution in [-0.4, -0.2) is 44.4 Å². The fourth-order valence-electron chi connectivity index (χ4n) is 3.00. The first-order valence-electron chi connectivity index (χ1n) is 9.61. The van der Waals surface area contributed by atoms with Crippen LogP contribution in [0.2, 0.25) is 0 Å². The van der Waals surface area contributed by atoms with E-state index in [4.69, 9.17) is 9.26 Å². The zero-order chi connectivity index (χ0) is 22.4. The van der Waals surface area contributed by atoms with E-state index >= 15 is 0 Å². The van der Waals surface area contributed by atoms with E-state index in [0.29, 0.717) is 29.2 Å². The average molecular weight is 445 g/mol. The van der Waals surface area contributed by atoms with Crippen molar-refractivity contribution in [2.45, 2.75) is 19.9 Å². The number of carbonyl (C=O) groups excluding carboxylic acids is 1. The number of hydrogen-bond donors (Lipinski definition) is 1. The number of hydrogen-bond acceptors (Lipinski definition) is 7. The van der Waals surface area contributed by atoms with Gasteiger partial charge in [-0.15, -0.1) is 0 Å². The Bertz CT molecular complexity index is 1160. The summed E-state index contributed by atoms with van der Waals surface area (Å²) in [5, 5.41) is 6.54. The summed E-state index contributed by atoms with van der Waals surface area (Å²) in [6.07, 6.45) is 1.71. The molecule has 0 bridgehead atoms. The van der Waals surface area contributed by atoms with Gasteiger partial charge in [0.2, 0.25) is 27.6 Å². The van der Waals surface area contributed by atoms with E-state index < -0.39 is 15.9 Å². The Morgan fingerprint density at radius 1 is 1.19 bits per heavy atom. The third-order valence-electron chi connectivity index (χ3n) is 4.56. The SMILES string of the molecule is CCc1ccccc1N(CC(=O)NCc1nc(-c2cccc(OC)c2)no1)S(C)(=O)=O. The van der Waals surface area contributed by atoms with Crippen molar-refractivity contribution in [3.05, 3.63) is 60.0 Å². The molecule has 0 saturated carbocycles. The molecule has 0 saturated heterocycles. The van der Waals surface area contributed by atoms with E-state index in [-0.39, 0.29) is 19.0 Å². The second-order valence-electron chi connectivity index (χ2n) is 6.77. The third kappa shape index (κ3) is 5.60. The maximum atomic E-state index is 12.5. The van der Waals surface area contributed by atoms with Crippen LogP contribution >= 0.6 is 0 Å². The van der Waals surface area contributed by atoms with Crippen LogP contribution in [-0.2, 0) is 27.8 Å². The molecule has 0 aliphatic heterocycles. The molecule has 1 amide bonds. The van der Waals surface area contributed by atoms with Crippen LogP contribution in [0.25, 0.3) is 11.4 Å². The first kappa shape index (κ1) is 22.3. The molecule has 164 valence electrons. The number of methoxy groups -OCH3 is 1. The van der Waals surface area contributed by atoms with Gasteiger partial charge >= 0.3 is 0 Å². The molecular weight excluding hydrogens is 420 g/mol. The summed E-state index contributed by atoms with van der Waals surface area (Å²) in [6, 6.07) is 14.3. The summed E-state index contributed by atoms with van der Waals surface area (Å²) < 4.78 is 36.1. The largest absolute Gasteiger partial charge is 0.497 e. The molecule has 0 spiro atoms. The van der Waals surface area contributed by atoms with E-state index in [0.717, 1.165) is 16.1 Å². The van der Waals surface area contributed by atoms with E-state index in [1.807, 2.05) is 25.1 Å². The molecule has 2 aromatic carbocycles. The second-order valence-corrected chi connectivity index (χ2v) is 8.68. The van der Waals surface area contributed by atoms with Crippen LogP contribution in [0.3, 0.4) is 0 Å². The maximum absolute atomic E-state index is 12.5. The number of aryl methyl sites for hydroxylation is 1. The number of para-hydroxylation sites is 1. The molecule has 0 aliphatic rings. The predicted octanol–water partition coefficient (Wildman–Crippen LogP) is 2.39. The maximum Gasteiger partial charge on any atom is 0.246 e. The van der Waals surface area contributed by atoms with Gasteiger partial charge in [-0.25, -0.2) is 8.42 Å². The monoisotopic (exact) mass is 444 g/mol. The number of sulfonamides is 1. The van der Waals surface area contributed by atoms with E-state index in [1.165, 1.54) is 0 Å². The lowest BCUT2D eigenvalue weighted by atomic mass is 10.1. The number of benzene rings is 2. The Morgan fingerprint density at radius 3 is 2.68 bits per heavy atom. The molecule has 1 heterocycles. The van der Waals surface area contributed by atoms with Crippen LogP contribution in [0, 0.1) is 0 Å². The normalized spacial score (nSPS) is 11.2. The second kappa shape index (κ2) is 9.61. The van der Waals surface area contributed by atoms with Crippen LogP contribution in [0.4, 0.5) is 5.69 Å². The molecule has 1 N–H and O–H groups in total. The number of amides is 1. The highest BCUT2D eigenvalue weighted by atomic mass is 32.2. The van der Waals surface area contributed by atoms with Gasteiger partial charge in [-0.05, 0) is 30.2 Å². The molecule has 0 aliphatic carbocycles. The third-order valence-corrected chi connectivity index (χ3v) is 5.69. The summed E-state index contributed by atoms with van der Waals surface area (Å²) in [5.41, 5.74) is 2.03. The summed E-state index contributed by atoms with van der Waals surface area (Å²) in [6.45, 7) is 1.55. The van der Waals surface area contributed by atoms with Gasteiger partial charge in [0.25, 0.3) is 0 Å². The van der Waals surface area contributed by atoms with E-state index in [1.54, 1.807) is 37.4 Å². The van der Waals surface area contributed by atoms with E-state index in [2.05, 4.69) is 15.5 Å². The Hall–Kier alpha value is -3.40. The zero-order valence-electron chi connectivity index (χ0n) is 17.5. The molecule has 0 fully saturated rings. The number of carbonyl (C=O) groups is 1. The molecule has 0 atom stereocenters. The molecule has 10 heteroatoms. The van der Waals surface area contributed by atoms with Gasteiger partial charge in [-0.1, -0.05) is 42.4 Å². The van der Waals surface area contributed by atoms with Crippen molar-refractivity contribution in [2.75, 3.05) is 24.2 Å². The molecule has 0 unspecified atom stereocenters. The molecule has 0 radical (unpaired) electrons. The smallest absolute Gasteiger partial charge is 0.246 e. The Kier molecular flexibility index (Phi) is 6.91. The lowest BCUT2D eigenvalue weighted by Crippen LogP contribution is -2.40. The quantitative estimate of drug-likeness (QED) is 0.539. The van der Waals surface area contributed by atoms with Crippen molar-refractivity contribution in [1.82, 2.24) is 15.5 Å². The highest BCUT2D eigenvalue weighted by Crippen LogP contribution is 2.23. The molecule has 3 aromatic rings. The highest BCUT2D eigenvalue weighted by molar-refractivity contribution is 7.92. The average Bonchev–Trinajstić information content (AvgIpc) is 3.24. The molecule has 9 nitrogen and oxygen atoms in total. The van der Waals surface area contributed by atoms with Crippen LogP contribution < -0.4 is 14.4 Å². The van der Waals surface area contributed by atoms with Gasteiger partial charge in [0.15, 0.2) is 0 Å². The summed E-state index contributed by atoms with van der Waals surface area (Å²) in [7, 11) is -2.09. The number of anilines is 1. The van der Waals surface area contributed by atoms with Gasteiger partial charge in [-0.3, -0.25) is 9.10 Å². The Labute approximate surface area is 181 Å². The van der Waals surface area contributed by atoms with Crippen molar-refractivity contribution in [3.8, 4) is 17.1 Å². The summed E-state index contributed by atoms with van der Waals surface area (Å²) in [5.74, 6) is 0.728. The van der Waals surface area contributed by atoms with Crippen LogP contribution in [0.15, 0.2) is 53.1 Å².